The van der Waals surface area contributed by atoms with Crippen LogP contribution in [0.2, 0.25) is 0 Å². The van der Waals surface area contributed by atoms with Crippen molar-refractivity contribution in [1.82, 2.24) is 4.90 Å². The lowest BCUT2D eigenvalue weighted by Crippen LogP contribution is -2.33. The second kappa shape index (κ2) is 5.02. The average Bonchev–Trinajstić information content (AvgIpc) is 2.89. The number of aliphatic hydroxyl groups is 1. The predicted octanol–water partition coefficient (Wildman–Crippen LogP) is 0.871. The van der Waals surface area contributed by atoms with E-state index < -0.39 is 0 Å². The third kappa shape index (κ3) is 2.42. The summed E-state index contributed by atoms with van der Waals surface area (Å²) in [5.74, 6) is -0.278. The van der Waals surface area contributed by atoms with Crippen molar-refractivity contribution in [3.05, 3.63) is 23.3 Å². The van der Waals surface area contributed by atoms with Gasteiger partial charge in [0.25, 0.3) is 0 Å². The Morgan fingerprint density at radius 3 is 3.18 bits per heavy atom. The van der Waals surface area contributed by atoms with Crippen molar-refractivity contribution >= 4 is 5.97 Å². The van der Waals surface area contributed by atoms with Gasteiger partial charge < -0.3 is 9.84 Å². The number of carbonyl (C=O) groups is 1. The number of allylic oxidation sites excluding steroid dienone is 1. The van der Waals surface area contributed by atoms with Crippen LogP contribution in [0.25, 0.3) is 0 Å². The van der Waals surface area contributed by atoms with E-state index in [1.807, 2.05) is 6.92 Å². The molecule has 1 saturated heterocycles. The molecule has 0 unspecified atom stereocenters. The van der Waals surface area contributed by atoms with Gasteiger partial charge in [-0.15, -0.1) is 0 Å². The molecule has 0 aromatic rings. The van der Waals surface area contributed by atoms with Crippen molar-refractivity contribution in [3.8, 4) is 0 Å². The summed E-state index contributed by atoms with van der Waals surface area (Å²) in [4.78, 5) is 13.7. The van der Waals surface area contributed by atoms with E-state index in [0.29, 0.717) is 12.2 Å². The van der Waals surface area contributed by atoms with Gasteiger partial charge in [-0.05, 0) is 25.8 Å². The number of nitrogens with zero attached hydrogens (tertiary/aromatic N) is 1. The topological polar surface area (TPSA) is 49.8 Å². The lowest BCUT2D eigenvalue weighted by molar-refractivity contribution is -0.138. The highest BCUT2D eigenvalue weighted by Gasteiger charge is 2.38. The van der Waals surface area contributed by atoms with Gasteiger partial charge in [0.05, 0.1) is 12.1 Å². The zero-order chi connectivity index (χ0) is 12.4. The van der Waals surface area contributed by atoms with E-state index in [9.17, 15) is 9.90 Å². The maximum Gasteiger partial charge on any atom is 0.333 e. The molecule has 0 saturated carbocycles. The molecule has 4 nitrogen and oxygen atoms in total. The lowest BCUT2D eigenvalue weighted by Gasteiger charge is -2.20. The molecular weight excluding hydrogens is 218 g/mol. The van der Waals surface area contributed by atoms with Crippen LogP contribution in [0.3, 0.4) is 0 Å². The molecular formula is C13H19NO3. The fraction of sp³-hybridized carbons (Fsp3) is 0.615. The molecule has 1 N–H and O–H groups in total. The summed E-state index contributed by atoms with van der Waals surface area (Å²) in [6.45, 7) is 5.63. The Hall–Kier alpha value is -1.13. The van der Waals surface area contributed by atoms with Gasteiger partial charge in [-0.1, -0.05) is 12.2 Å². The Labute approximate surface area is 102 Å². The van der Waals surface area contributed by atoms with Crippen LogP contribution in [0.1, 0.15) is 20.3 Å². The first-order valence-corrected chi connectivity index (χ1v) is 6.04. The van der Waals surface area contributed by atoms with Crippen LogP contribution in [0, 0.1) is 0 Å². The first-order valence-electron chi connectivity index (χ1n) is 6.04. The molecule has 0 bridgehead atoms. The largest absolute Gasteiger partial charge is 0.458 e. The van der Waals surface area contributed by atoms with Gasteiger partial charge in [0.2, 0.25) is 0 Å². The summed E-state index contributed by atoms with van der Waals surface area (Å²) in [5, 5.41) is 9.86. The number of carbonyl (C=O) groups excluding carboxylic acids is 1. The summed E-state index contributed by atoms with van der Waals surface area (Å²) in [5.41, 5.74) is 1.65. The zero-order valence-electron chi connectivity index (χ0n) is 10.3. The van der Waals surface area contributed by atoms with Gasteiger partial charge >= 0.3 is 5.97 Å². The molecule has 17 heavy (non-hydrogen) atoms. The minimum Gasteiger partial charge on any atom is -0.458 e. The lowest BCUT2D eigenvalue weighted by atomic mass is 10.1. The number of fused-ring (bicyclic) bond motifs is 1. The minimum atomic E-state index is -0.315. The normalized spacial score (nSPS) is 29.1. The molecule has 0 aromatic heterocycles. The SMILES string of the molecule is C/C=C(/C)C(=O)OCC1=CCN2CC[C@H](O)[C@@H]12. The van der Waals surface area contributed by atoms with E-state index in [0.717, 1.165) is 25.1 Å². The van der Waals surface area contributed by atoms with Crippen LogP contribution in [-0.4, -0.2) is 47.8 Å². The van der Waals surface area contributed by atoms with Crippen LogP contribution in [0.5, 0.6) is 0 Å². The fourth-order valence-corrected chi connectivity index (χ4v) is 2.40. The van der Waals surface area contributed by atoms with Crippen molar-refractivity contribution in [1.29, 1.82) is 0 Å². The molecule has 2 aliphatic rings. The number of hydrogen-bond acceptors (Lipinski definition) is 4. The number of ether oxygens (including phenoxy) is 1. The maximum atomic E-state index is 11.5. The van der Waals surface area contributed by atoms with Crippen LogP contribution >= 0.6 is 0 Å². The first-order chi connectivity index (χ1) is 8.13. The second-order valence-corrected chi connectivity index (χ2v) is 4.62. The van der Waals surface area contributed by atoms with Crippen molar-refractivity contribution in [2.75, 3.05) is 19.7 Å². The monoisotopic (exact) mass is 237 g/mol. The summed E-state index contributed by atoms with van der Waals surface area (Å²) >= 11 is 0. The van der Waals surface area contributed by atoms with Crippen molar-refractivity contribution in [2.24, 2.45) is 0 Å². The first kappa shape index (κ1) is 12.3. The molecule has 2 rings (SSSR count). The minimum absolute atomic E-state index is 0.0636. The molecule has 2 atom stereocenters. The summed E-state index contributed by atoms with van der Waals surface area (Å²) in [6.07, 6.45) is 4.29. The third-order valence-electron chi connectivity index (χ3n) is 3.56. The maximum absolute atomic E-state index is 11.5. The number of esters is 1. The molecule has 0 aromatic carbocycles. The quantitative estimate of drug-likeness (QED) is 0.449. The predicted molar refractivity (Wildman–Crippen MR) is 64.5 cm³/mol. The average molecular weight is 237 g/mol. The molecule has 2 heterocycles. The van der Waals surface area contributed by atoms with Crippen molar-refractivity contribution in [3.63, 3.8) is 0 Å². The van der Waals surface area contributed by atoms with E-state index in [-0.39, 0.29) is 18.1 Å². The number of rotatable bonds is 3. The van der Waals surface area contributed by atoms with E-state index in [4.69, 9.17) is 4.74 Å². The molecule has 0 aliphatic carbocycles. The fourth-order valence-electron chi connectivity index (χ4n) is 2.40. The molecule has 2 aliphatic heterocycles. The number of aliphatic hydroxyl groups excluding tert-OH is 1. The third-order valence-corrected chi connectivity index (χ3v) is 3.56. The summed E-state index contributed by atoms with van der Waals surface area (Å²) < 4.78 is 5.22. The van der Waals surface area contributed by atoms with Gasteiger partial charge in [0, 0.05) is 18.7 Å². The Morgan fingerprint density at radius 2 is 2.47 bits per heavy atom. The Balaban J connectivity index is 1.90. The van der Waals surface area contributed by atoms with Crippen LogP contribution in [0.4, 0.5) is 0 Å². The van der Waals surface area contributed by atoms with Gasteiger partial charge in [0.15, 0.2) is 0 Å². The molecule has 1 fully saturated rings. The summed E-state index contributed by atoms with van der Waals surface area (Å²) in [7, 11) is 0. The second-order valence-electron chi connectivity index (χ2n) is 4.62. The van der Waals surface area contributed by atoms with Crippen LogP contribution in [-0.2, 0) is 9.53 Å². The van der Waals surface area contributed by atoms with Gasteiger partial charge in [0.1, 0.15) is 6.61 Å². The summed E-state index contributed by atoms with van der Waals surface area (Å²) in [6, 6.07) is 0.0636. The van der Waals surface area contributed by atoms with E-state index >= 15 is 0 Å². The number of hydrogen-bond donors (Lipinski definition) is 1. The van der Waals surface area contributed by atoms with Crippen molar-refractivity contribution in [2.45, 2.75) is 32.4 Å². The van der Waals surface area contributed by atoms with Crippen molar-refractivity contribution < 1.29 is 14.6 Å². The zero-order valence-corrected chi connectivity index (χ0v) is 10.3. The van der Waals surface area contributed by atoms with Gasteiger partial charge in [-0.3, -0.25) is 4.90 Å². The molecule has 0 amide bonds. The van der Waals surface area contributed by atoms with Crippen LogP contribution < -0.4 is 0 Å². The Morgan fingerprint density at radius 1 is 1.71 bits per heavy atom. The highest BCUT2D eigenvalue weighted by atomic mass is 16.5. The van der Waals surface area contributed by atoms with Crippen LogP contribution in [0.15, 0.2) is 23.3 Å². The molecule has 4 heteroatoms. The smallest absolute Gasteiger partial charge is 0.333 e. The van der Waals surface area contributed by atoms with E-state index in [1.165, 1.54) is 0 Å². The molecule has 0 radical (unpaired) electrons. The highest BCUT2D eigenvalue weighted by molar-refractivity contribution is 5.87. The molecule has 94 valence electrons. The van der Waals surface area contributed by atoms with Gasteiger partial charge in [-0.2, -0.15) is 0 Å². The standard InChI is InChI=1S/C13H19NO3/c1-3-9(2)13(16)17-8-10-4-6-14-7-5-11(15)12(10)14/h3-4,11-12,15H,5-8H2,1-2H3/b9-3-/t11-,12+/m0/s1. The Bertz CT molecular complexity index is 373. The highest BCUT2D eigenvalue weighted by Crippen LogP contribution is 2.29. The van der Waals surface area contributed by atoms with E-state index in [1.54, 1.807) is 13.0 Å². The van der Waals surface area contributed by atoms with E-state index in [2.05, 4.69) is 11.0 Å². The van der Waals surface area contributed by atoms with Gasteiger partial charge in [-0.25, -0.2) is 4.79 Å². The Kier molecular flexibility index (Phi) is 3.64. The molecule has 0 spiro atoms.